The van der Waals surface area contributed by atoms with E-state index in [0.29, 0.717) is 12.0 Å². The molecule has 0 saturated heterocycles. The first kappa shape index (κ1) is 16.3. The van der Waals surface area contributed by atoms with Crippen LogP contribution in [0.4, 0.5) is 5.69 Å². The van der Waals surface area contributed by atoms with E-state index in [-0.39, 0.29) is 11.8 Å². The van der Waals surface area contributed by atoms with Gasteiger partial charge < -0.3 is 10.6 Å². The number of nitrogens with one attached hydrogen (secondary N) is 2. The molecule has 2 atom stereocenters. The first-order valence-electron chi connectivity index (χ1n) is 7.89. The van der Waals surface area contributed by atoms with Crippen molar-refractivity contribution in [1.82, 2.24) is 5.32 Å². The zero-order chi connectivity index (χ0) is 15.9. The summed E-state index contributed by atoms with van der Waals surface area (Å²) in [6.07, 6.45) is 7.98. The van der Waals surface area contributed by atoms with Crippen molar-refractivity contribution in [3.05, 3.63) is 35.9 Å². The second-order valence-corrected chi connectivity index (χ2v) is 6.11. The number of rotatable bonds is 4. The minimum atomic E-state index is -0.0932. The minimum absolute atomic E-state index is 0.0370. The highest BCUT2D eigenvalue weighted by atomic mass is 16.2. The van der Waals surface area contributed by atoms with Gasteiger partial charge in [-0.1, -0.05) is 31.9 Å². The van der Waals surface area contributed by atoms with Gasteiger partial charge in [0.25, 0.3) is 0 Å². The second kappa shape index (κ2) is 7.78. The highest BCUT2D eigenvalue weighted by Gasteiger charge is 2.19. The van der Waals surface area contributed by atoms with Gasteiger partial charge in [0.05, 0.1) is 0 Å². The van der Waals surface area contributed by atoms with Crippen molar-refractivity contribution in [3.8, 4) is 0 Å². The molecule has 1 fully saturated rings. The predicted molar refractivity (Wildman–Crippen MR) is 89.3 cm³/mol. The number of benzene rings is 1. The molecule has 2 rings (SSSR count). The molecule has 1 aromatic rings. The van der Waals surface area contributed by atoms with Crippen molar-refractivity contribution in [2.45, 2.75) is 45.6 Å². The summed E-state index contributed by atoms with van der Waals surface area (Å²) < 4.78 is 0. The topological polar surface area (TPSA) is 58.2 Å². The summed E-state index contributed by atoms with van der Waals surface area (Å²) in [6, 6.07) is 7.70. The molecule has 1 saturated carbocycles. The monoisotopic (exact) mass is 300 g/mol. The largest absolute Gasteiger partial charge is 0.350 e. The molecule has 0 heterocycles. The van der Waals surface area contributed by atoms with Crippen LogP contribution in [0.3, 0.4) is 0 Å². The van der Waals surface area contributed by atoms with Crippen LogP contribution in [0, 0.1) is 5.92 Å². The molecule has 4 heteroatoms. The Balaban J connectivity index is 1.85. The van der Waals surface area contributed by atoms with Crippen LogP contribution in [-0.4, -0.2) is 17.9 Å². The molecule has 1 aliphatic carbocycles. The second-order valence-electron chi connectivity index (χ2n) is 6.11. The average Bonchev–Trinajstić information content (AvgIpc) is 2.46. The van der Waals surface area contributed by atoms with Gasteiger partial charge in [-0.15, -0.1) is 0 Å². The average molecular weight is 300 g/mol. The minimum Gasteiger partial charge on any atom is -0.350 e. The smallest absolute Gasteiger partial charge is 0.244 e. The Bertz CT molecular complexity index is 549. The van der Waals surface area contributed by atoms with E-state index < -0.39 is 0 Å². The number of carbonyl (C=O) groups is 2. The summed E-state index contributed by atoms with van der Waals surface area (Å²) in [6.45, 7) is 3.72. The molecule has 22 heavy (non-hydrogen) atoms. The SMILES string of the molecule is CC(=O)Nc1ccc(/C=C/C(=O)NC2CCCC(C)C2)cc1. The molecule has 0 spiro atoms. The van der Waals surface area contributed by atoms with E-state index in [1.165, 1.54) is 19.8 Å². The molecule has 0 bridgehead atoms. The lowest BCUT2D eigenvalue weighted by Crippen LogP contribution is -2.36. The van der Waals surface area contributed by atoms with Crippen LogP contribution in [-0.2, 0) is 9.59 Å². The van der Waals surface area contributed by atoms with Gasteiger partial charge in [0.1, 0.15) is 0 Å². The molecule has 4 nitrogen and oxygen atoms in total. The Hall–Kier alpha value is -2.10. The molecular formula is C18H24N2O2. The maximum Gasteiger partial charge on any atom is 0.244 e. The van der Waals surface area contributed by atoms with Crippen LogP contribution in [0.1, 0.15) is 45.1 Å². The maximum atomic E-state index is 11.9. The summed E-state index contributed by atoms with van der Waals surface area (Å²) in [4.78, 5) is 22.9. The number of anilines is 1. The van der Waals surface area contributed by atoms with Crippen LogP contribution in [0.15, 0.2) is 30.3 Å². The van der Waals surface area contributed by atoms with Crippen molar-refractivity contribution >= 4 is 23.6 Å². The first-order chi connectivity index (χ1) is 10.5. The van der Waals surface area contributed by atoms with Crippen molar-refractivity contribution in [2.75, 3.05) is 5.32 Å². The van der Waals surface area contributed by atoms with Crippen LogP contribution in [0.25, 0.3) is 6.08 Å². The summed E-state index contributed by atoms with van der Waals surface area (Å²) in [7, 11) is 0. The van der Waals surface area contributed by atoms with Gasteiger partial charge in [-0.05, 0) is 42.5 Å². The summed E-state index contributed by atoms with van der Waals surface area (Å²) in [5.74, 6) is 0.568. The van der Waals surface area contributed by atoms with Gasteiger partial charge in [-0.3, -0.25) is 9.59 Å². The van der Waals surface area contributed by atoms with Gasteiger partial charge in [0.15, 0.2) is 0 Å². The van der Waals surface area contributed by atoms with E-state index in [9.17, 15) is 9.59 Å². The van der Waals surface area contributed by atoms with Crippen LogP contribution < -0.4 is 10.6 Å². The van der Waals surface area contributed by atoms with Gasteiger partial charge >= 0.3 is 0 Å². The fourth-order valence-corrected chi connectivity index (χ4v) is 2.87. The number of hydrogen-bond donors (Lipinski definition) is 2. The lowest BCUT2D eigenvalue weighted by atomic mass is 9.87. The third-order valence-corrected chi connectivity index (χ3v) is 3.94. The van der Waals surface area contributed by atoms with Crippen LogP contribution in [0.2, 0.25) is 0 Å². The van der Waals surface area contributed by atoms with E-state index in [1.54, 1.807) is 12.2 Å². The Morgan fingerprint density at radius 3 is 2.55 bits per heavy atom. The molecule has 0 aromatic heterocycles. The lowest BCUT2D eigenvalue weighted by molar-refractivity contribution is -0.117. The highest BCUT2D eigenvalue weighted by molar-refractivity contribution is 5.92. The fraction of sp³-hybridized carbons (Fsp3) is 0.444. The number of carbonyl (C=O) groups excluding carboxylic acids is 2. The Morgan fingerprint density at radius 2 is 1.91 bits per heavy atom. The number of amides is 2. The summed E-state index contributed by atoms with van der Waals surface area (Å²) >= 11 is 0. The molecule has 0 aliphatic heterocycles. The van der Waals surface area contributed by atoms with E-state index in [1.807, 2.05) is 24.3 Å². The maximum absolute atomic E-state index is 11.9. The quantitative estimate of drug-likeness (QED) is 0.838. The van der Waals surface area contributed by atoms with Gasteiger partial charge in [-0.2, -0.15) is 0 Å². The Morgan fingerprint density at radius 1 is 1.18 bits per heavy atom. The number of hydrogen-bond acceptors (Lipinski definition) is 2. The molecule has 1 aliphatic rings. The van der Waals surface area contributed by atoms with Gasteiger partial charge in [0.2, 0.25) is 11.8 Å². The molecular weight excluding hydrogens is 276 g/mol. The van der Waals surface area contributed by atoms with E-state index >= 15 is 0 Å². The van der Waals surface area contributed by atoms with Crippen molar-refractivity contribution in [3.63, 3.8) is 0 Å². The van der Waals surface area contributed by atoms with Crippen molar-refractivity contribution in [1.29, 1.82) is 0 Å². The van der Waals surface area contributed by atoms with Crippen molar-refractivity contribution < 1.29 is 9.59 Å². The molecule has 2 unspecified atom stereocenters. The molecule has 1 aromatic carbocycles. The van der Waals surface area contributed by atoms with E-state index in [4.69, 9.17) is 0 Å². The first-order valence-corrected chi connectivity index (χ1v) is 7.89. The third kappa shape index (κ3) is 5.35. The predicted octanol–water partition coefficient (Wildman–Crippen LogP) is 3.35. The van der Waals surface area contributed by atoms with E-state index in [2.05, 4.69) is 17.6 Å². The Labute approximate surface area is 132 Å². The molecule has 0 radical (unpaired) electrons. The van der Waals surface area contributed by atoms with Gasteiger partial charge in [-0.25, -0.2) is 0 Å². The van der Waals surface area contributed by atoms with Crippen LogP contribution in [0.5, 0.6) is 0 Å². The van der Waals surface area contributed by atoms with Crippen LogP contribution >= 0.6 is 0 Å². The van der Waals surface area contributed by atoms with E-state index in [0.717, 1.165) is 24.1 Å². The third-order valence-electron chi connectivity index (χ3n) is 3.94. The van der Waals surface area contributed by atoms with Crippen molar-refractivity contribution in [2.24, 2.45) is 5.92 Å². The Kier molecular flexibility index (Phi) is 5.75. The molecule has 2 amide bonds. The zero-order valence-electron chi connectivity index (χ0n) is 13.3. The highest BCUT2D eigenvalue weighted by Crippen LogP contribution is 2.23. The summed E-state index contributed by atoms with van der Waals surface area (Å²) in [5.41, 5.74) is 1.69. The summed E-state index contributed by atoms with van der Waals surface area (Å²) in [5, 5.41) is 5.79. The normalized spacial score (nSPS) is 21.5. The molecule has 2 N–H and O–H groups in total. The lowest BCUT2D eigenvalue weighted by Gasteiger charge is -2.26. The molecule has 118 valence electrons. The zero-order valence-corrected chi connectivity index (χ0v) is 13.3. The standard InChI is InChI=1S/C18H24N2O2/c1-13-4-3-5-17(12-13)20-18(22)11-8-15-6-9-16(10-7-15)19-14(2)21/h6-11,13,17H,3-5,12H2,1-2H3,(H,19,21)(H,20,22)/b11-8+. The van der Waals surface area contributed by atoms with Gasteiger partial charge in [0, 0.05) is 24.7 Å². The fourth-order valence-electron chi connectivity index (χ4n) is 2.87.